The molecule has 0 aliphatic rings. The zero-order valence-corrected chi connectivity index (χ0v) is 10.9. The van der Waals surface area contributed by atoms with Gasteiger partial charge < -0.3 is 0 Å². The number of amides is 1. The Morgan fingerprint density at radius 1 is 0.905 bits per heavy atom. The number of carbonyl (C=O) groups is 1. The van der Waals surface area contributed by atoms with Gasteiger partial charge in [-0.15, -0.1) is 0 Å². The number of rotatable bonds is 3. The topological polar surface area (TPSA) is 41.1 Å². The molecule has 110 valence electrons. The normalized spacial score (nSPS) is 10.3. The summed E-state index contributed by atoms with van der Waals surface area (Å²) in [7, 11) is 0. The molecular weight excluding hydrogens is 312 g/mol. The summed E-state index contributed by atoms with van der Waals surface area (Å²) in [6.07, 6.45) is 0. The van der Waals surface area contributed by atoms with E-state index in [1.165, 1.54) is 12.1 Å². The van der Waals surface area contributed by atoms with Crippen LogP contribution in [0.2, 0.25) is 5.02 Å². The zero-order chi connectivity index (χ0) is 15.6. The summed E-state index contributed by atoms with van der Waals surface area (Å²) < 4.78 is 53.4. The SMILES string of the molecule is O=C(NNc1c(F)c(F)c(Cl)c(F)c1F)c1ccccc1. The summed E-state index contributed by atoms with van der Waals surface area (Å²) in [5.74, 6) is -7.75. The van der Waals surface area contributed by atoms with Crippen LogP contribution in [0.4, 0.5) is 23.2 Å². The molecule has 0 aliphatic heterocycles. The molecule has 0 spiro atoms. The lowest BCUT2D eigenvalue weighted by atomic mass is 10.2. The summed E-state index contributed by atoms with van der Waals surface area (Å²) in [6, 6.07) is 7.67. The molecular formula is C13H7ClF4N2O. The van der Waals surface area contributed by atoms with E-state index in [4.69, 9.17) is 11.6 Å². The van der Waals surface area contributed by atoms with Gasteiger partial charge in [-0.1, -0.05) is 29.8 Å². The second-order valence-corrected chi connectivity index (χ2v) is 4.27. The van der Waals surface area contributed by atoms with E-state index in [0.717, 1.165) is 0 Å². The van der Waals surface area contributed by atoms with Crippen LogP contribution in [0.1, 0.15) is 10.4 Å². The van der Waals surface area contributed by atoms with Crippen LogP contribution in [-0.2, 0) is 0 Å². The molecule has 0 saturated heterocycles. The van der Waals surface area contributed by atoms with Crippen LogP contribution in [-0.4, -0.2) is 5.91 Å². The third-order valence-electron chi connectivity index (χ3n) is 2.55. The molecule has 2 N–H and O–H groups in total. The van der Waals surface area contributed by atoms with Gasteiger partial charge in [-0.2, -0.15) is 0 Å². The summed E-state index contributed by atoms with van der Waals surface area (Å²) in [5, 5.41) is -1.30. The van der Waals surface area contributed by atoms with Gasteiger partial charge in [0.1, 0.15) is 10.7 Å². The van der Waals surface area contributed by atoms with Crippen molar-refractivity contribution in [2.75, 3.05) is 5.43 Å². The average Bonchev–Trinajstić information content (AvgIpc) is 2.51. The first-order valence-corrected chi connectivity index (χ1v) is 5.94. The van der Waals surface area contributed by atoms with Crippen LogP contribution in [0.5, 0.6) is 0 Å². The van der Waals surface area contributed by atoms with E-state index >= 15 is 0 Å². The summed E-state index contributed by atoms with van der Waals surface area (Å²) in [5.41, 5.74) is 2.73. The fraction of sp³-hybridized carbons (Fsp3) is 0. The third-order valence-corrected chi connectivity index (χ3v) is 2.88. The van der Waals surface area contributed by atoms with Crippen molar-refractivity contribution in [1.82, 2.24) is 5.43 Å². The first kappa shape index (κ1) is 15.1. The van der Waals surface area contributed by atoms with E-state index in [0.29, 0.717) is 0 Å². The summed E-state index contributed by atoms with van der Waals surface area (Å²) in [6.45, 7) is 0. The number of nitrogens with one attached hydrogen (secondary N) is 2. The predicted octanol–water partition coefficient (Wildman–Crippen LogP) is 3.65. The van der Waals surface area contributed by atoms with Crippen LogP contribution in [0.25, 0.3) is 0 Å². The van der Waals surface area contributed by atoms with Crippen LogP contribution in [0.15, 0.2) is 30.3 Å². The van der Waals surface area contributed by atoms with Gasteiger partial charge in [0.25, 0.3) is 5.91 Å². The van der Waals surface area contributed by atoms with E-state index in [1.54, 1.807) is 23.6 Å². The Hall–Kier alpha value is -2.28. The molecule has 0 atom stereocenters. The molecule has 0 saturated carbocycles. The Morgan fingerprint density at radius 3 is 1.95 bits per heavy atom. The van der Waals surface area contributed by atoms with Gasteiger partial charge in [0.15, 0.2) is 23.3 Å². The van der Waals surface area contributed by atoms with Crippen LogP contribution >= 0.6 is 11.6 Å². The molecule has 0 bridgehead atoms. The smallest absolute Gasteiger partial charge is 0.269 e. The van der Waals surface area contributed by atoms with Crippen LogP contribution < -0.4 is 10.9 Å². The predicted molar refractivity (Wildman–Crippen MR) is 68.8 cm³/mol. The zero-order valence-electron chi connectivity index (χ0n) is 10.2. The lowest BCUT2D eigenvalue weighted by molar-refractivity contribution is 0.0962. The molecule has 3 nitrogen and oxygen atoms in total. The molecule has 2 rings (SSSR count). The third kappa shape index (κ3) is 2.92. The lowest BCUT2D eigenvalue weighted by Crippen LogP contribution is -2.30. The number of benzene rings is 2. The number of halogens is 5. The molecule has 1 amide bonds. The van der Waals surface area contributed by atoms with Crippen LogP contribution in [0.3, 0.4) is 0 Å². The lowest BCUT2D eigenvalue weighted by Gasteiger charge is -2.12. The van der Waals surface area contributed by atoms with Crippen molar-refractivity contribution in [3.8, 4) is 0 Å². The van der Waals surface area contributed by atoms with E-state index < -0.39 is 39.9 Å². The van der Waals surface area contributed by atoms with Crippen molar-refractivity contribution in [3.63, 3.8) is 0 Å². The minimum absolute atomic E-state index is 0.181. The van der Waals surface area contributed by atoms with Gasteiger partial charge in [0.05, 0.1) is 0 Å². The van der Waals surface area contributed by atoms with Gasteiger partial charge in [0.2, 0.25) is 0 Å². The Labute approximate surface area is 121 Å². The molecule has 0 unspecified atom stereocenters. The number of hydrazine groups is 1. The van der Waals surface area contributed by atoms with E-state index in [-0.39, 0.29) is 5.56 Å². The van der Waals surface area contributed by atoms with Gasteiger partial charge >= 0.3 is 0 Å². The molecule has 8 heteroatoms. The highest BCUT2D eigenvalue weighted by Gasteiger charge is 2.24. The maximum atomic E-state index is 13.5. The van der Waals surface area contributed by atoms with Crippen molar-refractivity contribution >= 4 is 23.2 Å². The minimum Gasteiger partial charge on any atom is -0.293 e. The Kier molecular flexibility index (Phi) is 4.32. The number of hydrogen-bond acceptors (Lipinski definition) is 2. The van der Waals surface area contributed by atoms with E-state index in [9.17, 15) is 22.4 Å². The van der Waals surface area contributed by atoms with Crippen molar-refractivity contribution in [2.24, 2.45) is 0 Å². The first-order chi connectivity index (χ1) is 9.93. The highest BCUT2D eigenvalue weighted by molar-refractivity contribution is 6.31. The Bertz CT molecular complexity index is 665. The first-order valence-electron chi connectivity index (χ1n) is 5.56. The molecule has 0 aromatic heterocycles. The second kappa shape index (κ2) is 6.01. The van der Waals surface area contributed by atoms with Crippen molar-refractivity contribution < 1.29 is 22.4 Å². The molecule has 0 radical (unpaired) electrons. The Morgan fingerprint density at radius 2 is 1.43 bits per heavy atom. The fourth-order valence-corrected chi connectivity index (χ4v) is 1.66. The molecule has 2 aromatic rings. The summed E-state index contributed by atoms with van der Waals surface area (Å²) in [4.78, 5) is 11.6. The largest absolute Gasteiger partial charge is 0.293 e. The summed E-state index contributed by atoms with van der Waals surface area (Å²) >= 11 is 5.07. The van der Waals surface area contributed by atoms with Gasteiger partial charge in [-0.25, -0.2) is 17.6 Å². The van der Waals surface area contributed by atoms with Gasteiger partial charge in [0, 0.05) is 5.56 Å². The van der Waals surface area contributed by atoms with E-state index in [2.05, 4.69) is 0 Å². The minimum atomic E-state index is -1.76. The maximum Gasteiger partial charge on any atom is 0.269 e. The quantitative estimate of drug-likeness (QED) is 0.392. The van der Waals surface area contributed by atoms with Crippen LogP contribution in [0, 0.1) is 23.3 Å². The van der Waals surface area contributed by atoms with Crippen molar-refractivity contribution in [3.05, 3.63) is 64.2 Å². The second-order valence-electron chi connectivity index (χ2n) is 3.89. The standard InChI is InChI=1S/C13H7ClF4N2O/c14-7-8(15)10(17)12(11(18)9(7)16)19-20-13(21)6-4-2-1-3-5-6/h1-5,19H,(H,20,21). The fourth-order valence-electron chi connectivity index (χ4n) is 1.50. The maximum absolute atomic E-state index is 13.5. The number of anilines is 1. The van der Waals surface area contributed by atoms with Crippen molar-refractivity contribution in [2.45, 2.75) is 0 Å². The van der Waals surface area contributed by atoms with Gasteiger partial charge in [-0.3, -0.25) is 15.6 Å². The molecule has 21 heavy (non-hydrogen) atoms. The Balaban J connectivity index is 2.23. The number of carbonyl (C=O) groups excluding carboxylic acids is 1. The highest BCUT2D eigenvalue weighted by Crippen LogP contribution is 2.30. The van der Waals surface area contributed by atoms with Gasteiger partial charge in [-0.05, 0) is 12.1 Å². The molecule has 0 aliphatic carbocycles. The molecule has 0 fully saturated rings. The molecule has 2 aromatic carbocycles. The van der Waals surface area contributed by atoms with Crippen molar-refractivity contribution in [1.29, 1.82) is 0 Å². The average molecular weight is 319 g/mol. The highest BCUT2D eigenvalue weighted by atomic mass is 35.5. The molecule has 0 heterocycles. The number of hydrogen-bond donors (Lipinski definition) is 2. The monoisotopic (exact) mass is 318 g/mol. The van der Waals surface area contributed by atoms with E-state index in [1.807, 2.05) is 5.43 Å².